The van der Waals surface area contributed by atoms with Crippen molar-refractivity contribution in [2.75, 3.05) is 13.2 Å². The largest absolute Gasteiger partial charge is 0.488 e. The van der Waals surface area contributed by atoms with Crippen molar-refractivity contribution in [3.8, 4) is 16.9 Å². The zero-order chi connectivity index (χ0) is 16.7. The summed E-state index contributed by atoms with van der Waals surface area (Å²) < 4.78 is 25.4. The monoisotopic (exact) mass is 324 g/mol. The van der Waals surface area contributed by atoms with E-state index < -0.39 is 0 Å². The quantitative estimate of drug-likeness (QED) is 0.804. The van der Waals surface area contributed by atoms with E-state index in [0.717, 1.165) is 46.6 Å². The van der Waals surface area contributed by atoms with E-state index in [-0.39, 0.29) is 11.9 Å². The number of aryl methyl sites for hydroxylation is 2. The number of ether oxygens (including phenoxy) is 2. The molecule has 1 atom stereocenters. The molecule has 1 heterocycles. The summed E-state index contributed by atoms with van der Waals surface area (Å²) in [7, 11) is 0. The van der Waals surface area contributed by atoms with Crippen molar-refractivity contribution in [1.29, 1.82) is 0 Å². The van der Waals surface area contributed by atoms with E-state index in [2.05, 4.69) is 26.0 Å². The molecule has 1 fully saturated rings. The molecule has 0 spiro atoms. The first-order valence-electron chi connectivity index (χ1n) is 8.47. The second-order valence-electron chi connectivity index (χ2n) is 6.63. The molecule has 2 aromatic carbocycles. The third-order valence-electron chi connectivity index (χ3n) is 4.87. The molecule has 24 heavy (non-hydrogen) atoms. The third kappa shape index (κ3) is 2.63. The third-order valence-corrected chi connectivity index (χ3v) is 4.87. The van der Waals surface area contributed by atoms with Gasteiger partial charge in [0.25, 0.3) is 0 Å². The van der Waals surface area contributed by atoms with E-state index >= 15 is 0 Å². The lowest BCUT2D eigenvalue weighted by Crippen LogP contribution is -2.15. The Morgan fingerprint density at radius 1 is 1.17 bits per heavy atom. The Morgan fingerprint density at radius 3 is 2.67 bits per heavy atom. The highest BCUT2D eigenvalue weighted by Gasteiger charge is 2.20. The van der Waals surface area contributed by atoms with Crippen LogP contribution in [0, 0.1) is 19.7 Å². The average molecular weight is 324 g/mol. The minimum Gasteiger partial charge on any atom is -0.488 e. The summed E-state index contributed by atoms with van der Waals surface area (Å²) in [5, 5.41) is 0. The van der Waals surface area contributed by atoms with Crippen molar-refractivity contribution < 1.29 is 13.9 Å². The Kier molecular flexibility index (Phi) is 3.89. The fraction of sp³-hybridized carbons (Fsp3) is 0.333. The fourth-order valence-corrected chi connectivity index (χ4v) is 3.76. The average Bonchev–Trinajstić information content (AvgIpc) is 3.20. The van der Waals surface area contributed by atoms with Crippen molar-refractivity contribution in [2.45, 2.75) is 32.8 Å². The van der Waals surface area contributed by atoms with Crippen LogP contribution in [0.1, 0.15) is 28.7 Å². The van der Waals surface area contributed by atoms with Gasteiger partial charge in [-0.2, -0.15) is 0 Å². The number of allylic oxidation sites excluding steroid dienone is 1. The van der Waals surface area contributed by atoms with Gasteiger partial charge in [0.2, 0.25) is 0 Å². The lowest BCUT2D eigenvalue weighted by atomic mass is 9.90. The SMILES string of the molecule is Cc1cc(O[C@H]2CCOC2)cc(C)c1-c1ccc(F)c2c1C=CC2. The maximum absolute atomic E-state index is 14.0. The van der Waals surface area contributed by atoms with Crippen LogP contribution in [0.4, 0.5) is 4.39 Å². The molecule has 0 bridgehead atoms. The van der Waals surface area contributed by atoms with Crippen LogP contribution >= 0.6 is 0 Å². The Bertz CT molecular complexity index is 794. The zero-order valence-electron chi connectivity index (χ0n) is 14.1. The van der Waals surface area contributed by atoms with Crippen molar-refractivity contribution >= 4 is 6.08 Å². The topological polar surface area (TPSA) is 18.5 Å². The number of benzene rings is 2. The van der Waals surface area contributed by atoms with Gasteiger partial charge in [-0.05, 0) is 71.8 Å². The maximum atomic E-state index is 14.0. The number of hydrogen-bond acceptors (Lipinski definition) is 2. The van der Waals surface area contributed by atoms with Crippen LogP contribution in [0.2, 0.25) is 0 Å². The maximum Gasteiger partial charge on any atom is 0.127 e. The Labute approximate surface area is 141 Å². The summed E-state index contributed by atoms with van der Waals surface area (Å²) >= 11 is 0. The summed E-state index contributed by atoms with van der Waals surface area (Å²) in [4.78, 5) is 0. The molecule has 2 aliphatic rings. The summed E-state index contributed by atoms with van der Waals surface area (Å²) in [6, 6.07) is 7.63. The van der Waals surface area contributed by atoms with E-state index in [9.17, 15) is 4.39 Å². The van der Waals surface area contributed by atoms with Gasteiger partial charge in [0.1, 0.15) is 17.7 Å². The molecule has 0 N–H and O–H groups in total. The second kappa shape index (κ2) is 6.06. The number of hydrogen-bond donors (Lipinski definition) is 0. The highest BCUT2D eigenvalue weighted by Crippen LogP contribution is 2.38. The van der Waals surface area contributed by atoms with Crippen LogP contribution in [0.3, 0.4) is 0 Å². The fourth-order valence-electron chi connectivity index (χ4n) is 3.76. The molecule has 0 aromatic heterocycles. The molecule has 1 aliphatic carbocycles. The van der Waals surface area contributed by atoms with Gasteiger partial charge in [0.15, 0.2) is 0 Å². The van der Waals surface area contributed by atoms with Crippen molar-refractivity contribution in [3.05, 3.63) is 58.4 Å². The number of halogens is 1. The minimum absolute atomic E-state index is 0.116. The lowest BCUT2D eigenvalue weighted by molar-refractivity contribution is 0.141. The molecule has 3 heteroatoms. The van der Waals surface area contributed by atoms with Crippen LogP contribution in [0.15, 0.2) is 30.3 Å². The van der Waals surface area contributed by atoms with Crippen LogP contribution < -0.4 is 4.74 Å². The van der Waals surface area contributed by atoms with Gasteiger partial charge in [0.05, 0.1) is 13.2 Å². The smallest absolute Gasteiger partial charge is 0.127 e. The number of rotatable bonds is 3. The van der Waals surface area contributed by atoms with Crippen molar-refractivity contribution in [1.82, 2.24) is 0 Å². The summed E-state index contributed by atoms with van der Waals surface area (Å²) in [5.74, 6) is 0.772. The Balaban J connectivity index is 1.74. The molecule has 1 aliphatic heterocycles. The van der Waals surface area contributed by atoms with Crippen molar-refractivity contribution in [3.63, 3.8) is 0 Å². The molecule has 0 unspecified atom stereocenters. The van der Waals surface area contributed by atoms with E-state index in [1.807, 2.05) is 18.2 Å². The first-order valence-corrected chi connectivity index (χ1v) is 8.47. The molecule has 0 saturated carbocycles. The van der Waals surface area contributed by atoms with E-state index in [1.165, 1.54) is 5.56 Å². The molecular weight excluding hydrogens is 303 g/mol. The highest BCUT2D eigenvalue weighted by atomic mass is 19.1. The molecule has 1 saturated heterocycles. The molecule has 0 amide bonds. The highest BCUT2D eigenvalue weighted by molar-refractivity contribution is 5.83. The van der Waals surface area contributed by atoms with Crippen LogP contribution in [0.5, 0.6) is 5.75 Å². The molecule has 124 valence electrons. The zero-order valence-corrected chi connectivity index (χ0v) is 14.1. The van der Waals surface area contributed by atoms with Crippen LogP contribution in [-0.2, 0) is 11.2 Å². The Morgan fingerprint density at radius 2 is 1.96 bits per heavy atom. The predicted octanol–water partition coefficient (Wildman–Crippen LogP) is 4.85. The van der Waals surface area contributed by atoms with Crippen LogP contribution in [-0.4, -0.2) is 19.3 Å². The lowest BCUT2D eigenvalue weighted by Gasteiger charge is -2.18. The summed E-state index contributed by atoms with van der Waals surface area (Å²) in [5.41, 5.74) is 6.39. The van der Waals surface area contributed by atoms with Gasteiger partial charge < -0.3 is 9.47 Å². The summed E-state index contributed by atoms with van der Waals surface area (Å²) in [6.45, 7) is 5.62. The molecular formula is C21H21FO2. The molecule has 4 rings (SSSR count). The standard InChI is InChI=1S/C21H21FO2/c1-13-10-16(24-15-8-9-23-12-15)11-14(2)21(13)19-6-7-20(22)18-5-3-4-17(18)19/h3-4,6-7,10-11,15H,5,8-9,12H2,1-2H3/t15-/m0/s1. The van der Waals surface area contributed by atoms with Gasteiger partial charge in [-0.15, -0.1) is 0 Å². The minimum atomic E-state index is -0.116. The molecule has 2 aromatic rings. The van der Waals surface area contributed by atoms with Gasteiger partial charge in [-0.1, -0.05) is 18.2 Å². The normalized spacial score (nSPS) is 18.9. The van der Waals surface area contributed by atoms with E-state index in [0.29, 0.717) is 13.0 Å². The van der Waals surface area contributed by atoms with Gasteiger partial charge in [-0.3, -0.25) is 0 Å². The van der Waals surface area contributed by atoms with E-state index in [1.54, 1.807) is 6.07 Å². The second-order valence-corrected chi connectivity index (χ2v) is 6.63. The first-order chi connectivity index (χ1) is 11.6. The van der Waals surface area contributed by atoms with Gasteiger partial charge >= 0.3 is 0 Å². The van der Waals surface area contributed by atoms with Gasteiger partial charge in [0, 0.05) is 6.42 Å². The van der Waals surface area contributed by atoms with Gasteiger partial charge in [-0.25, -0.2) is 4.39 Å². The molecule has 0 radical (unpaired) electrons. The molecule has 2 nitrogen and oxygen atoms in total. The van der Waals surface area contributed by atoms with E-state index in [4.69, 9.17) is 9.47 Å². The summed E-state index contributed by atoms with van der Waals surface area (Å²) in [6.07, 6.45) is 5.83. The first kappa shape index (κ1) is 15.4. The van der Waals surface area contributed by atoms with Crippen molar-refractivity contribution in [2.24, 2.45) is 0 Å². The predicted molar refractivity (Wildman–Crippen MR) is 93.9 cm³/mol. The van der Waals surface area contributed by atoms with Crippen LogP contribution in [0.25, 0.3) is 17.2 Å². The number of fused-ring (bicyclic) bond motifs is 1. The Hall–Kier alpha value is -2.13.